The van der Waals surface area contributed by atoms with Gasteiger partial charge in [-0.05, 0) is 28.8 Å². The lowest BCUT2D eigenvalue weighted by Gasteiger charge is -2.36. The third-order valence-corrected chi connectivity index (χ3v) is 7.16. The van der Waals surface area contributed by atoms with E-state index in [-0.39, 0.29) is 30.3 Å². The molecule has 0 radical (unpaired) electrons. The van der Waals surface area contributed by atoms with Gasteiger partial charge in [-0.2, -0.15) is 0 Å². The number of aromatic carboxylic acids is 1. The van der Waals surface area contributed by atoms with Crippen molar-refractivity contribution in [2.45, 2.75) is 49.9 Å². The van der Waals surface area contributed by atoms with Crippen LogP contribution in [0.5, 0.6) is 0 Å². The molecule has 1 fully saturated rings. The van der Waals surface area contributed by atoms with Gasteiger partial charge in [-0.15, -0.1) is 11.8 Å². The molecule has 0 aliphatic carbocycles. The van der Waals surface area contributed by atoms with E-state index in [4.69, 9.17) is 9.47 Å². The molecule has 3 aromatic rings. The molecule has 8 heteroatoms. The first-order valence-electron chi connectivity index (χ1n) is 11.7. The van der Waals surface area contributed by atoms with Crippen LogP contribution in [0.25, 0.3) is 0 Å². The lowest BCUT2D eigenvalue weighted by atomic mass is 10.0. The number of aliphatic hydroxyl groups excluding tert-OH is 1. The quantitative estimate of drug-likeness (QED) is 0.356. The molecule has 1 saturated heterocycles. The van der Waals surface area contributed by atoms with Gasteiger partial charge in [0.2, 0.25) is 5.91 Å². The largest absolute Gasteiger partial charge is 0.478 e. The van der Waals surface area contributed by atoms with Crippen molar-refractivity contribution in [3.63, 3.8) is 0 Å². The van der Waals surface area contributed by atoms with Gasteiger partial charge < -0.3 is 25.0 Å². The highest BCUT2D eigenvalue weighted by Gasteiger charge is 2.32. The summed E-state index contributed by atoms with van der Waals surface area (Å²) in [6.07, 6.45) is -0.401. The number of carbonyl (C=O) groups is 2. The van der Waals surface area contributed by atoms with Gasteiger partial charge in [0.1, 0.15) is 0 Å². The number of carboxylic acids is 1. The van der Waals surface area contributed by atoms with Crippen molar-refractivity contribution < 1.29 is 29.3 Å². The summed E-state index contributed by atoms with van der Waals surface area (Å²) in [7, 11) is 0. The molecule has 1 heterocycles. The maximum atomic E-state index is 11.6. The van der Waals surface area contributed by atoms with Crippen LogP contribution in [0, 0.1) is 0 Å². The monoisotopic (exact) mass is 507 g/mol. The maximum absolute atomic E-state index is 11.6. The van der Waals surface area contributed by atoms with E-state index in [1.54, 1.807) is 12.1 Å². The number of nitrogens with one attached hydrogen (secondary N) is 1. The van der Waals surface area contributed by atoms with Gasteiger partial charge >= 0.3 is 5.97 Å². The summed E-state index contributed by atoms with van der Waals surface area (Å²) >= 11 is 1.46. The highest BCUT2D eigenvalue weighted by atomic mass is 32.2. The summed E-state index contributed by atoms with van der Waals surface area (Å²) in [4.78, 5) is 23.5. The Morgan fingerprint density at radius 3 is 2.28 bits per heavy atom. The number of amides is 1. The zero-order chi connectivity index (χ0) is 25.5. The molecule has 7 nitrogen and oxygen atoms in total. The number of carboxylic acid groups (broad SMARTS) is 1. The molecule has 1 aliphatic heterocycles. The molecule has 3 atom stereocenters. The summed E-state index contributed by atoms with van der Waals surface area (Å²) in [5.41, 5.74) is 3.92. The molecule has 1 amide bonds. The minimum absolute atomic E-state index is 0.0232. The highest BCUT2D eigenvalue weighted by molar-refractivity contribution is 7.99. The molecule has 36 heavy (non-hydrogen) atoms. The van der Waals surface area contributed by atoms with E-state index < -0.39 is 12.3 Å². The normalized spacial score (nSPS) is 19.6. The number of hydrogen-bond acceptors (Lipinski definition) is 6. The van der Waals surface area contributed by atoms with Crippen molar-refractivity contribution in [1.29, 1.82) is 0 Å². The Bertz CT molecular complexity index is 1180. The molecule has 0 aromatic heterocycles. The third-order valence-electron chi connectivity index (χ3n) is 5.95. The Balaban J connectivity index is 1.52. The molecule has 0 saturated carbocycles. The van der Waals surface area contributed by atoms with Gasteiger partial charge in [0.15, 0.2) is 6.29 Å². The van der Waals surface area contributed by atoms with Gasteiger partial charge in [0.25, 0.3) is 0 Å². The summed E-state index contributed by atoms with van der Waals surface area (Å²) in [5, 5.41) is 21.7. The fourth-order valence-electron chi connectivity index (χ4n) is 3.99. The number of benzene rings is 3. The number of carbonyl (C=O) groups excluding carboxylic acids is 1. The van der Waals surface area contributed by atoms with E-state index in [0.717, 1.165) is 22.3 Å². The van der Waals surface area contributed by atoms with Gasteiger partial charge in [-0.3, -0.25) is 4.79 Å². The first-order chi connectivity index (χ1) is 17.4. The molecular weight excluding hydrogens is 478 g/mol. The summed E-state index contributed by atoms with van der Waals surface area (Å²) in [6.45, 7) is 1.91. The van der Waals surface area contributed by atoms with E-state index >= 15 is 0 Å². The molecule has 188 valence electrons. The first-order valence-corrected chi connectivity index (χ1v) is 12.7. The minimum atomic E-state index is -0.954. The van der Waals surface area contributed by atoms with Crippen LogP contribution in [-0.4, -0.2) is 33.9 Å². The van der Waals surface area contributed by atoms with Crippen LogP contribution >= 0.6 is 11.8 Å². The molecule has 3 N–H and O–H groups in total. The third kappa shape index (κ3) is 6.73. The van der Waals surface area contributed by atoms with Crippen LogP contribution in [0.15, 0.2) is 77.7 Å². The van der Waals surface area contributed by atoms with E-state index in [1.165, 1.54) is 18.7 Å². The molecule has 0 bridgehead atoms. The summed E-state index contributed by atoms with van der Waals surface area (Å²) < 4.78 is 12.7. The predicted octanol–water partition coefficient (Wildman–Crippen LogP) is 4.85. The minimum Gasteiger partial charge on any atom is -0.478 e. The van der Waals surface area contributed by atoms with Crippen molar-refractivity contribution in [2.75, 3.05) is 5.75 Å². The van der Waals surface area contributed by atoms with Crippen molar-refractivity contribution in [2.24, 2.45) is 0 Å². The number of hydrogen-bond donors (Lipinski definition) is 3. The second-order valence-corrected chi connectivity index (χ2v) is 9.68. The van der Waals surface area contributed by atoms with Crippen LogP contribution in [0.4, 0.5) is 0 Å². The Labute approximate surface area is 214 Å². The van der Waals surface area contributed by atoms with Gasteiger partial charge in [-0.25, -0.2) is 4.79 Å². The number of ether oxygens (including phenoxy) is 2. The average molecular weight is 508 g/mol. The van der Waals surface area contributed by atoms with Gasteiger partial charge in [0, 0.05) is 36.1 Å². The number of thioether (sulfide) groups is 1. The van der Waals surface area contributed by atoms with Crippen LogP contribution in [0.3, 0.4) is 0 Å². The SMILES string of the molecule is CC(=O)NCc1ccc([C@@H]2O[C@H](CSc3ccccc3C(=O)O)C[C@H](c3ccc(CO)cc3)O2)cc1. The fourth-order valence-corrected chi connectivity index (χ4v) is 5.06. The fraction of sp³-hybridized carbons (Fsp3) is 0.286. The van der Waals surface area contributed by atoms with Gasteiger partial charge in [0.05, 0.1) is 24.4 Å². The van der Waals surface area contributed by atoms with Crippen molar-refractivity contribution in [3.05, 3.63) is 101 Å². The van der Waals surface area contributed by atoms with E-state index in [2.05, 4.69) is 5.32 Å². The molecule has 0 unspecified atom stereocenters. The zero-order valence-electron chi connectivity index (χ0n) is 19.9. The second-order valence-electron chi connectivity index (χ2n) is 8.61. The summed E-state index contributed by atoms with van der Waals surface area (Å²) in [6, 6.07) is 22.4. The molecule has 0 spiro atoms. The average Bonchev–Trinajstić information content (AvgIpc) is 2.91. The smallest absolute Gasteiger partial charge is 0.336 e. The highest BCUT2D eigenvalue weighted by Crippen LogP contribution is 2.39. The standard InChI is InChI=1S/C28H29NO6S/c1-18(31)29-15-19-6-12-22(13-7-19)28-34-23(17-36-26-5-3-2-4-24(26)27(32)33)14-25(35-28)21-10-8-20(16-30)9-11-21/h2-13,23,25,28,30H,14-17H2,1H3,(H,29,31)(H,32,33)/t23-,25+,28+/m0/s1. The van der Waals surface area contributed by atoms with E-state index in [9.17, 15) is 19.8 Å². The molecule has 3 aromatic carbocycles. The second kappa shape index (κ2) is 12.2. The van der Waals surface area contributed by atoms with Gasteiger partial charge in [-0.1, -0.05) is 60.7 Å². The predicted molar refractivity (Wildman–Crippen MR) is 137 cm³/mol. The van der Waals surface area contributed by atoms with Crippen molar-refractivity contribution in [3.8, 4) is 0 Å². The maximum Gasteiger partial charge on any atom is 0.336 e. The Morgan fingerprint density at radius 1 is 0.944 bits per heavy atom. The lowest BCUT2D eigenvalue weighted by Crippen LogP contribution is -2.31. The lowest BCUT2D eigenvalue weighted by molar-refractivity contribution is -0.245. The first kappa shape index (κ1) is 25.9. The Morgan fingerprint density at radius 2 is 1.61 bits per heavy atom. The number of aliphatic hydroxyl groups is 1. The summed E-state index contributed by atoms with van der Waals surface area (Å²) in [5.74, 6) is -0.473. The van der Waals surface area contributed by atoms with E-state index in [0.29, 0.717) is 23.6 Å². The topological polar surface area (TPSA) is 105 Å². The molecule has 4 rings (SSSR count). The van der Waals surface area contributed by atoms with Crippen LogP contribution in [-0.2, 0) is 27.4 Å². The Hall–Kier alpha value is -3.17. The zero-order valence-corrected chi connectivity index (χ0v) is 20.7. The van der Waals surface area contributed by atoms with Crippen molar-refractivity contribution in [1.82, 2.24) is 5.32 Å². The Kier molecular flexibility index (Phi) is 8.77. The van der Waals surface area contributed by atoms with Crippen molar-refractivity contribution >= 4 is 23.6 Å². The van der Waals surface area contributed by atoms with Crippen LogP contribution < -0.4 is 5.32 Å². The molecule has 1 aliphatic rings. The van der Waals surface area contributed by atoms with Crippen LogP contribution in [0.1, 0.15) is 58.4 Å². The van der Waals surface area contributed by atoms with Crippen LogP contribution in [0.2, 0.25) is 0 Å². The molecular formula is C28H29NO6S. The van der Waals surface area contributed by atoms with E-state index in [1.807, 2.05) is 60.7 Å². The number of rotatable bonds is 9.